The number of rotatable bonds is 31. The van der Waals surface area contributed by atoms with Crippen LogP contribution in [0.5, 0.6) is 0 Å². The van der Waals surface area contributed by atoms with Crippen LogP contribution in [0.2, 0.25) is 0 Å². The number of hydrogen-bond acceptors (Lipinski definition) is 8. The number of unbranched alkanes of at least 4 members (excludes halogenated alkanes) is 18. The van der Waals surface area contributed by atoms with Crippen molar-refractivity contribution < 1.29 is 39.8 Å². The third-order valence-electron chi connectivity index (χ3n) is 9.64. The van der Waals surface area contributed by atoms with Gasteiger partial charge in [0.05, 0.1) is 25.4 Å². The molecule has 0 aromatic heterocycles. The second-order valence-corrected chi connectivity index (χ2v) is 14.3. The largest absolute Gasteiger partial charge is 0.394 e. The molecule has 9 heteroatoms. The van der Waals surface area contributed by atoms with Gasteiger partial charge >= 0.3 is 0 Å². The van der Waals surface area contributed by atoms with Gasteiger partial charge < -0.3 is 40.3 Å². The molecule has 0 saturated carbocycles. The van der Waals surface area contributed by atoms with Crippen LogP contribution >= 0.6 is 0 Å². The Hall–Kier alpha value is -1.33. The van der Waals surface area contributed by atoms with Crippen molar-refractivity contribution in [3.8, 4) is 0 Å². The molecule has 0 aromatic carbocycles. The first-order chi connectivity index (χ1) is 23.7. The SMILES string of the molecule is CCCCCCCCCCCCCCCC(=O)NC(COC1OC(CO)C(O)C(O)C1O)C(O)C=CCCC=C(C)CCCCCCCC. The lowest BCUT2D eigenvalue weighted by Gasteiger charge is -2.40. The van der Waals surface area contributed by atoms with Gasteiger partial charge in [-0.25, -0.2) is 0 Å². The van der Waals surface area contributed by atoms with Gasteiger partial charge in [0.2, 0.25) is 5.91 Å². The van der Waals surface area contributed by atoms with E-state index in [-0.39, 0.29) is 12.5 Å². The molecule has 1 fully saturated rings. The molecule has 1 heterocycles. The van der Waals surface area contributed by atoms with Crippen molar-refractivity contribution in [1.82, 2.24) is 5.32 Å². The van der Waals surface area contributed by atoms with Gasteiger partial charge in [-0.05, 0) is 39.0 Å². The van der Waals surface area contributed by atoms with Gasteiger partial charge in [-0.1, -0.05) is 147 Å². The van der Waals surface area contributed by atoms with Crippen LogP contribution in [0, 0.1) is 0 Å². The molecular formula is C40H75NO8. The third-order valence-corrected chi connectivity index (χ3v) is 9.64. The van der Waals surface area contributed by atoms with Crippen LogP contribution in [0.3, 0.4) is 0 Å². The number of carbonyl (C=O) groups excluding carboxylic acids is 1. The summed E-state index contributed by atoms with van der Waals surface area (Å²) in [6.45, 7) is 5.88. The summed E-state index contributed by atoms with van der Waals surface area (Å²) in [4.78, 5) is 12.9. The number of aliphatic hydroxyl groups is 5. The average Bonchev–Trinajstić information content (AvgIpc) is 3.09. The Labute approximate surface area is 298 Å². The Bertz CT molecular complexity index is 850. The molecule has 1 amide bonds. The molecular weight excluding hydrogens is 622 g/mol. The fourth-order valence-electron chi connectivity index (χ4n) is 6.29. The number of hydrogen-bond donors (Lipinski definition) is 6. The van der Waals surface area contributed by atoms with Crippen molar-refractivity contribution in [2.24, 2.45) is 0 Å². The molecule has 0 bridgehead atoms. The molecule has 6 N–H and O–H groups in total. The lowest BCUT2D eigenvalue weighted by Crippen LogP contribution is -2.60. The minimum absolute atomic E-state index is 0.189. The highest BCUT2D eigenvalue weighted by Crippen LogP contribution is 2.22. The van der Waals surface area contributed by atoms with Gasteiger partial charge in [0, 0.05) is 6.42 Å². The van der Waals surface area contributed by atoms with Gasteiger partial charge in [0.15, 0.2) is 6.29 Å². The van der Waals surface area contributed by atoms with Crippen molar-refractivity contribution in [1.29, 1.82) is 0 Å². The van der Waals surface area contributed by atoms with E-state index in [1.54, 1.807) is 6.08 Å². The number of nitrogens with one attached hydrogen (secondary N) is 1. The molecule has 9 nitrogen and oxygen atoms in total. The molecule has 1 rings (SSSR count). The summed E-state index contributed by atoms with van der Waals surface area (Å²) in [5.41, 5.74) is 1.38. The number of ether oxygens (including phenoxy) is 2. The highest BCUT2D eigenvalue weighted by atomic mass is 16.7. The second kappa shape index (κ2) is 30.3. The Balaban J connectivity index is 2.52. The fourth-order valence-corrected chi connectivity index (χ4v) is 6.29. The number of allylic oxidation sites excluding steroid dienone is 3. The van der Waals surface area contributed by atoms with Crippen molar-refractivity contribution in [2.75, 3.05) is 13.2 Å². The molecule has 288 valence electrons. The Kier molecular flexibility index (Phi) is 28.3. The first kappa shape index (κ1) is 45.7. The maximum absolute atomic E-state index is 12.9. The molecule has 1 aliphatic heterocycles. The topological polar surface area (TPSA) is 149 Å². The predicted octanol–water partition coefficient (Wildman–Crippen LogP) is 7.16. The highest BCUT2D eigenvalue weighted by Gasteiger charge is 2.44. The number of aliphatic hydroxyl groups excluding tert-OH is 5. The second-order valence-electron chi connectivity index (χ2n) is 14.3. The lowest BCUT2D eigenvalue weighted by molar-refractivity contribution is -0.302. The quantitative estimate of drug-likeness (QED) is 0.0330. The van der Waals surface area contributed by atoms with E-state index in [2.05, 4.69) is 32.2 Å². The summed E-state index contributed by atoms with van der Waals surface area (Å²) in [7, 11) is 0. The summed E-state index contributed by atoms with van der Waals surface area (Å²) < 4.78 is 11.2. The van der Waals surface area contributed by atoms with Crippen LogP contribution in [0.1, 0.15) is 168 Å². The molecule has 1 aliphatic rings. The van der Waals surface area contributed by atoms with E-state index in [1.807, 2.05) is 6.08 Å². The first-order valence-electron chi connectivity index (χ1n) is 20.0. The van der Waals surface area contributed by atoms with E-state index in [1.165, 1.54) is 108 Å². The third kappa shape index (κ3) is 22.3. The van der Waals surface area contributed by atoms with E-state index in [0.29, 0.717) is 6.42 Å². The molecule has 49 heavy (non-hydrogen) atoms. The molecule has 0 aliphatic carbocycles. The zero-order valence-corrected chi connectivity index (χ0v) is 31.4. The van der Waals surface area contributed by atoms with Gasteiger partial charge in [0.25, 0.3) is 0 Å². The van der Waals surface area contributed by atoms with E-state index in [9.17, 15) is 30.3 Å². The zero-order chi connectivity index (χ0) is 36.1. The normalized spacial score (nSPS) is 22.9. The molecule has 7 unspecified atom stereocenters. The molecule has 0 aromatic rings. The summed E-state index contributed by atoms with van der Waals surface area (Å²) in [6, 6.07) is -0.817. The Morgan fingerprint density at radius 2 is 1.24 bits per heavy atom. The van der Waals surface area contributed by atoms with Gasteiger partial charge in [-0.15, -0.1) is 0 Å². The first-order valence-corrected chi connectivity index (χ1v) is 20.0. The average molecular weight is 698 g/mol. The molecule has 1 saturated heterocycles. The summed E-state index contributed by atoms with van der Waals surface area (Å²) in [5.74, 6) is -0.189. The number of amides is 1. The van der Waals surface area contributed by atoms with E-state index in [4.69, 9.17) is 9.47 Å². The number of carbonyl (C=O) groups is 1. The van der Waals surface area contributed by atoms with Crippen LogP contribution in [0.25, 0.3) is 0 Å². The Morgan fingerprint density at radius 1 is 0.735 bits per heavy atom. The fraction of sp³-hybridized carbons (Fsp3) is 0.875. The summed E-state index contributed by atoms with van der Waals surface area (Å²) in [6.07, 6.45) is 24.4. The maximum Gasteiger partial charge on any atom is 0.220 e. The Morgan fingerprint density at radius 3 is 1.78 bits per heavy atom. The monoisotopic (exact) mass is 698 g/mol. The van der Waals surface area contributed by atoms with Crippen molar-refractivity contribution in [3.05, 3.63) is 23.8 Å². The lowest BCUT2D eigenvalue weighted by atomic mass is 9.99. The zero-order valence-electron chi connectivity index (χ0n) is 31.4. The minimum atomic E-state index is -1.57. The summed E-state index contributed by atoms with van der Waals surface area (Å²) >= 11 is 0. The van der Waals surface area contributed by atoms with Crippen LogP contribution in [0.15, 0.2) is 23.8 Å². The maximum atomic E-state index is 12.9. The molecule has 7 atom stereocenters. The molecule has 0 radical (unpaired) electrons. The van der Waals surface area contributed by atoms with Crippen molar-refractivity contribution in [2.45, 2.75) is 211 Å². The summed E-state index contributed by atoms with van der Waals surface area (Å²) in [5, 5.41) is 54.0. The predicted molar refractivity (Wildman–Crippen MR) is 198 cm³/mol. The van der Waals surface area contributed by atoms with Gasteiger partial charge in [-0.3, -0.25) is 4.79 Å². The van der Waals surface area contributed by atoms with Crippen LogP contribution < -0.4 is 5.32 Å². The van der Waals surface area contributed by atoms with Crippen molar-refractivity contribution in [3.63, 3.8) is 0 Å². The van der Waals surface area contributed by atoms with E-state index >= 15 is 0 Å². The standard InChI is InChI=1S/C40H75NO8/c1-4-6-8-10-12-13-14-15-16-17-18-20-25-29-36(44)41-33(31-48-40-39(47)38(46)37(45)35(30-42)49-40)34(43)28-24-21-23-27-32(3)26-22-19-11-9-7-5-2/h24,27-28,33-35,37-40,42-43,45-47H,4-23,25-26,29-31H2,1-3H3,(H,41,44). The smallest absolute Gasteiger partial charge is 0.220 e. The van der Waals surface area contributed by atoms with Crippen LogP contribution in [-0.2, 0) is 14.3 Å². The van der Waals surface area contributed by atoms with Crippen LogP contribution in [0.4, 0.5) is 0 Å². The molecule has 0 spiro atoms. The van der Waals surface area contributed by atoms with E-state index < -0.39 is 49.5 Å². The van der Waals surface area contributed by atoms with Gasteiger partial charge in [-0.2, -0.15) is 0 Å². The van der Waals surface area contributed by atoms with Gasteiger partial charge in [0.1, 0.15) is 24.4 Å². The van der Waals surface area contributed by atoms with E-state index in [0.717, 1.165) is 38.5 Å². The highest BCUT2D eigenvalue weighted by molar-refractivity contribution is 5.76. The van der Waals surface area contributed by atoms with Crippen molar-refractivity contribution >= 4 is 5.91 Å². The van der Waals surface area contributed by atoms with Crippen LogP contribution in [-0.4, -0.2) is 87.5 Å². The minimum Gasteiger partial charge on any atom is -0.394 e.